The lowest BCUT2D eigenvalue weighted by Crippen LogP contribution is -2.57. The monoisotopic (exact) mass is 554 g/mol. The molecule has 0 aliphatic carbocycles. The molecule has 5 nitrogen and oxygen atoms in total. The number of nitrogens with zero attached hydrogens (tertiary/aromatic N) is 2. The molecule has 0 spiro atoms. The topological polar surface area (TPSA) is 60.9 Å². The molecule has 1 aliphatic rings. The highest BCUT2D eigenvalue weighted by molar-refractivity contribution is 14.1. The Morgan fingerprint density at radius 1 is 0.844 bits per heavy atom. The van der Waals surface area contributed by atoms with E-state index in [9.17, 15) is 14.7 Å². The number of benzene rings is 3. The third-order valence-electron chi connectivity index (χ3n) is 5.30. The van der Waals surface area contributed by atoms with Gasteiger partial charge in [-0.15, -0.1) is 0 Å². The van der Waals surface area contributed by atoms with Gasteiger partial charge in [-0.25, -0.2) is 0 Å². The fourth-order valence-electron chi connectivity index (χ4n) is 3.41. The van der Waals surface area contributed by atoms with Crippen molar-refractivity contribution >= 4 is 69.2 Å². The molecule has 0 bridgehead atoms. The predicted octanol–water partition coefficient (Wildman–Crippen LogP) is 5.36. The maximum atomic E-state index is 13.5. The molecule has 160 valence electrons. The van der Waals surface area contributed by atoms with Gasteiger partial charge in [0.1, 0.15) is 11.3 Å². The summed E-state index contributed by atoms with van der Waals surface area (Å²) >= 11 is 7.65. The molecule has 0 atom stereocenters. The number of halogens is 1. The molecule has 3 aromatic rings. The Kier molecular flexibility index (Phi) is 6.12. The van der Waals surface area contributed by atoms with E-state index in [0.29, 0.717) is 20.5 Å². The number of amides is 2. The first-order chi connectivity index (χ1) is 15.3. The van der Waals surface area contributed by atoms with Crippen LogP contribution in [0.15, 0.2) is 72.3 Å². The maximum Gasteiger partial charge on any atom is 0.270 e. The third kappa shape index (κ3) is 4.05. The summed E-state index contributed by atoms with van der Waals surface area (Å²) in [5.74, 6) is -0.842. The van der Waals surface area contributed by atoms with Crippen molar-refractivity contribution in [3.63, 3.8) is 0 Å². The van der Waals surface area contributed by atoms with Gasteiger partial charge in [-0.3, -0.25) is 19.4 Å². The van der Waals surface area contributed by atoms with E-state index in [1.807, 2.05) is 72.8 Å². The molecule has 0 unspecified atom stereocenters. The number of rotatable bonds is 3. The summed E-state index contributed by atoms with van der Waals surface area (Å²) in [5, 5.41) is 9.93. The normalized spacial score (nSPS) is 15.6. The Morgan fingerprint density at radius 2 is 1.50 bits per heavy atom. The van der Waals surface area contributed by atoms with Crippen molar-refractivity contribution in [1.82, 2.24) is 0 Å². The van der Waals surface area contributed by atoms with Crippen LogP contribution in [0, 0.1) is 17.4 Å². The van der Waals surface area contributed by atoms with Gasteiger partial charge in [0.2, 0.25) is 0 Å². The second kappa shape index (κ2) is 8.84. The quantitative estimate of drug-likeness (QED) is 0.205. The van der Waals surface area contributed by atoms with Crippen LogP contribution in [0.3, 0.4) is 0 Å². The van der Waals surface area contributed by atoms with E-state index in [1.165, 1.54) is 21.9 Å². The molecule has 1 N–H and O–H groups in total. The highest BCUT2D eigenvalue weighted by Gasteiger charge is 2.41. The Bertz CT molecular complexity index is 1290. The number of aromatic hydroxyl groups is 1. The average molecular weight is 554 g/mol. The van der Waals surface area contributed by atoms with Gasteiger partial charge in [-0.1, -0.05) is 30.3 Å². The van der Waals surface area contributed by atoms with Crippen LogP contribution in [-0.2, 0) is 9.59 Å². The van der Waals surface area contributed by atoms with Gasteiger partial charge < -0.3 is 5.11 Å². The number of anilines is 2. The van der Waals surface area contributed by atoms with Gasteiger partial charge in [0.05, 0.1) is 14.9 Å². The zero-order valence-corrected chi connectivity index (χ0v) is 20.3. The fourth-order valence-corrected chi connectivity index (χ4v) is 4.32. The minimum Gasteiger partial charge on any atom is -0.507 e. The van der Waals surface area contributed by atoms with Crippen molar-refractivity contribution in [2.24, 2.45) is 0 Å². The number of aryl methyl sites for hydroxylation is 2. The highest BCUT2D eigenvalue weighted by atomic mass is 127. The van der Waals surface area contributed by atoms with E-state index in [4.69, 9.17) is 12.2 Å². The lowest BCUT2D eigenvalue weighted by molar-refractivity contribution is -0.120. The van der Waals surface area contributed by atoms with Crippen LogP contribution in [0.4, 0.5) is 11.4 Å². The van der Waals surface area contributed by atoms with E-state index >= 15 is 0 Å². The van der Waals surface area contributed by atoms with Gasteiger partial charge >= 0.3 is 0 Å². The van der Waals surface area contributed by atoms with Crippen molar-refractivity contribution in [3.05, 3.63) is 92.6 Å². The van der Waals surface area contributed by atoms with Crippen molar-refractivity contribution in [2.75, 3.05) is 9.80 Å². The molecule has 0 saturated carbocycles. The van der Waals surface area contributed by atoms with E-state index in [-0.39, 0.29) is 16.4 Å². The van der Waals surface area contributed by atoms with Crippen molar-refractivity contribution < 1.29 is 14.7 Å². The molecular formula is C25H19IN2O3S. The zero-order chi connectivity index (χ0) is 23.0. The Hall–Kier alpha value is -3.04. The SMILES string of the molecule is Cc1ccc(N2C(=O)/C(=C\c3ccc(O)c(I)c3)C(=O)N(c3ccccc3)C2=S)cc1C. The Balaban J connectivity index is 1.88. The number of hydrogen-bond donors (Lipinski definition) is 1. The molecular weight excluding hydrogens is 535 g/mol. The van der Waals surface area contributed by atoms with Gasteiger partial charge in [0.15, 0.2) is 5.11 Å². The van der Waals surface area contributed by atoms with Gasteiger partial charge in [0.25, 0.3) is 11.8 Å². The first-order valence-electron chi connectivity index (χ1n) is 9.83. The van der Waals surface area contributed by atoms with Crippen LogP contribution in [0.25, 0.3) is 6.08 Å². The molecule has 3 aromatic carbocycles. The Labute approximate surface area is 205 Å². The molecule has 2 amide bonds. The average Bonchev–Trinajstić information content (AvgIpc) is 2.77. The Morgan fingerprint density at radius 3 is 2.12 bits per heavy atom. The number of carbonyl (C=O) groups is 2. The number of hydrogen-bond acceptors (Lipinski definition) is 4. The lowest BCUT2D eigenvalue weighted by atomic mass is 10.0. The van der Waals surface area contributed by atoms with E-state index < -0.39 is 11.8 Å². The van der Waals surface area contributed by atoms with Crippen LogP contribution in [-0.4, -0.2) is 22.0 Å². The van der Waals surface area contributed by atoms with Crippen LogP contribution >= 0.6 is 34.8 Å². The summed E-state index contributed by atoms with van der Waals surface area (Å²) in [6.45, 7) is 3.96. The number of phenolic OH excluding ortho intramolecular Hbond substituents is 1. The minimum atomic E-state index is -0.491. The van der Waals surface area contributed by atoms with Crippen molar-refractivity contribution in [3.8, 4) is 5.75 Å². The first-order valence-corrected chi connectivity index (χ1v) is 11.3. The second-order valence-electron chi connectivity index (χ2n) is 7.44. The molecule has 1 saturated heterocycles. The fraction of sp³-hybridized carbons (Fsp3) is 0.0800. The number of phenols is 1. The largest absolute Gasteiger partial charge is 0.507 e. The predicted molar refractivity (Wildman–Crippen MR) is 139 cm³/mol. The molecule has 4 rings (SSSR count). The molecule has 32 heavy (non-hydrogen) atoms. The summed E-state index contributed by atoms with van der Waals surface area (Å²) in [7, 11) is 0. The minimum absolute atomic E-state index is 0.0119. The summed E-state index contributed by atoms with van der Waals surface area (Å²) in [6, 6.07) is 19.6. The standard InChI is InChI=1S/C25H19IN2O3S/c1-15-8-10-19(12-16(15)2)28-24(31)20(13-17-9-11-22(29)21(26)14-17)23(30)27(25(28)32)18-6-4-3-5-7-18/h3-14,29H,1-2H3/b20-13-. The number of para-hydroxylation sites is 1. The molecule has 1 aliphatic heterocycles. The van der Waals surface area contributed by atoms with Crippen molar-refractivity contribution in [2.45, 2.75) is 13.8 Å². The highest BCUT2D eigenvalue weighted by Crippen LogP contribution is 2.31. The number of carbonyl (C=O) groups excluding carboxylic acids is 2. The maximum absolute atomic E-state index is 13.5. The summed E-state index contributed by atoms with van der Waals surface area (Å²) < 4.78 is 0.620. The van der Waals surface area contributed by atoms with Gasteiger partial charge in [0, 0.05) is 0 Å². The van der Waals surface area contributed by atoms with Gasteiger partial charge in [-0.2, -0.15) is 0 Å². The number of thiocarbonyl (C=S) groups is 1. The smallest absolute Gasteiger partial charge is 0.270 e. The van der Waals surface area contributed by atoms with Gasteiger partial charge in [-0.05, 0) is 108 Å². The van der Waals surface area contributed by atoms with Crippen LogP contribution in [0.1, 0.15) is 16.7 Å². The summed E-state index contributed by atoms with van der Waals surface area (Å²) in [6.07, 6.45) is 1.54. The lowest BCUT2D eigenvalue weighted by Gasteiger charge is -2.36. The van der Waals surface area contributed by atoms with E-state index in [0.717, 1.165) is 11.1 Å². The molecule has 1 heterocycles. The van der Waals surface area contributed by atoms with Crippen LogP contribution < -0.4 is 9.80 Å². The van der Waals surface area contributed by atoms with E-state index in [1.54, 1.807) is 24.3 Å². The molecule has 7 heteroatoms. The third-order valence-corrected chi connectivity index (χ3v) is 6.52. The second-order valence-corrected chi connectivity index (χ2v) is 8.96. The molecule has 1 fully saturated rings. The van der Waals surface area contributed by atoms with E-state index in [2.05, 4.69) is 0 Å². The molecule has 0 aromatic heterocycles. The zero-order valence-electron chi connectivity index (χ0n) is 17.4. The van der Waals surface area contributed by atoms with Crippen LogP contribution in [0.5, 0.6) is 5.75 Å². The summed E-state index contributed by atoms with van der Waals surface area (Å²) in [5.41, 5.74) is 3.90. The first kappa shape index (κ1) is 22.2. The van der Waals surface area contributed by atoms with Crippen molar-refractivity contribution in [1.29, 1.82) is 0 Å². The summed E-state index contributed by atoms with van der Waals surface area (Å²) in [4.78, 5) is 29.8. The molecule has 0 radical (unpaired) electrons. The van der Waals surface area contributed by atoms with Crippen LogP contribution in [0.2, 0.25) is 0 Å².